The Morgan fingerprint density at radius 1 is 0.893 bits per heavy atom. The number of rotatable bonds is 3. The minimum Gasteiger partial charge on any atom is -0.345 e. The van der Waals surface area contributed by atoms with Crippen LogP contribution in [0.15, 0.2) is 41.9 Å². The van der Waals surface area contributed by atoms with E-state index in [1.165, 1.54) is 23.5 Å². The second-order valence-corrected chi connectivity index (χ2v) is 7.07. The first-order valence-electron chi connectivity index (χ1n) is 8.52. The number of piperazine rings is 1. The van der Waals surface area contributed by atoms with Gasteiger partial charge in [0.1, 0.15) is 11.5 Å². The highest BCUT2D eigenvalue weighted by Gasteiger charge is 2.33. The molecule has 2 aromatic heterocycles. The topological polar surface area (TPSA) is 45.2 Å². The second-order valence-electron chi connectivity index (χ2n) is 6.24. The summed E-state index contributed by atoms with van der Waals surface area (Å²) in [6.45, 7) is 2.17. The molecule has 1 aliphatic rings. The Kier molecular flexibility index (Phi) is 4.88. The summed E-state index contributed by atoms with van der Waals surface area (Å²) >= 11 is 1.48. The van der Waals surface area contributed by atoms with E-state index in [2.05, 4.69) is 19.9 Å². The smallest absolute Gasteiger partial charge is 0.345 e. The molecule has 0 unspecified atom stereocenters. The van der Waals surface area contributed by atoms with Gasteiger partial charge in [0.25, 0.3) is 0 Å². The Labute approximate surface area is 162 Å². The summed E-state index contributed by atoms with van der Waals surface area (Å²) in [6, 6.07) is 7.00. The van der Waals surface area contributed by atoms with Crippen LogP contribution in [0.2, 0.25) is 0 Å². The number of halogens is 4. The number of hydrogen-bond donors (Lipinski definition) is 0. The molecule has 0 radical (unpaired) electrons. The van der Waals surface area contributed by atoms with Crippen molar-refractivity contribution in [2.24, 2.45) is 0 Å². The molecule has 0 bridgehead atoms. The normalized spacial score (nSPS) is 15.1. The first-order valence-corrected chi connectivity index (χ1v) is 9.40. The lowest BCUT2D eigenvalue weighted by Gasteiger charge is -2.34. The lowest BCUT2D eigenvalue weighted by molar-refractivity contribution is -0.141. The van der Waals surface area contributed by atoms with E-state index >= 15 is 0 Å². The summed E-state index contributed by atoms with van der Waals surface area (Å²) in [7, 11) is 0. The van der Waals surface area contributed by atoms with Crippen LogP contribution < -0.4 is 9.80 Å². The van der Waals surface area contributed by atoms with Crippen molar-refractivity contribution >= 4 is 22.4 Å². The van der Waals surface area contributed by atoms with Gasteiger partial charge >= 0.3 is 6.18 Å². The lowest BCUT2D eigenvalue weighted by Crippen LogP contribution is -2.47. The van der Waals surface area contributed by atoms with E-state index in [0.29, 0.717) is 26.2 Å². The van der Waals surface area contributed by atoms with Crippen LogP contribution in [0.5, 0.6) is 0 Å². The minimum atomic E-state index is -4.49. The standard InChI is InChI=1S/C18H15F4N5S/c19-13-3-1-12(2-4-13)14-11-28-17(24-14)27-9-7-26(8-10-27)16-23-6-5-15(25-16)18(20,21)22/h1-6,11H,7-10H2. The third kappa shape index (κ3) is 3.91. The molecule has 28 heavy (non-hydrogen) atoms. The van der Waals surface area contributed by atoms with Crippen molar-refractivity contribution in [3.8, 4) is 11.3 Å². The fraction of sp³-hybridized carbons (Fsp3) is 0.278. The molecule has 1 aliphatic heterocycles. The molecule has 146 valence electrons. The number of alkyl halides is 3. The van der Waals surface area contributed by atoms with Crippen LogP contribution in [0.3, 0.4) is 0 Å². The van der Waals surface area contributed by atoms with Gasteiger partial charge in [0.2, 0.25) is 5.95 Å². The largest absolute Gasteiger partial charge is 0.433 e. The quantitative estimate of drug-likeness (QED) is 0.610. The molecular weight excluding hydrogens is 394 g/mol. The Hall–Kier alpha value is -2.75. The molecular formula is C18H15F4N5S. The van der Waals surface area contributed by atoms with Gasteiger partial charge in [-0.3, -0.25) is 0 Å². The highest BCUT2D eigenvalue weighted by atomic mass is 32.1. The highest BCUT2D eigenvalue weighted by molar-refractivity contribution is 7.14. The summed E-state index contributed by atoms with van der Waals surface area (Å²) in [4.78, 5) is 16.0. The molecule has 3 heterocycles. The van der Waals surface area contributed by atoms with Gasteiger partial charge in [-0.1, -0.05) is 0 Å². The van der Waals surface area contributed by atoms with Crippen LogP contribution in [-0.2, 0) is 6.18 Å². The first-order chi connectivity index (χ1) is 13.4. The average molecular weight is 409 g/mol. The van der Waals surface area contributed by atoms with Gasteiger partial charge in [-0.25, -0.2) is 19.3 Å². The van der Waals surface area contributed by atoms with E-state index in [9.17, 15) is 17.6 Å². The molecule has 0 atom stereocenters. The molecule has 1 saturated heterocycles. The third-order valence-electron chi connectivity index (χ3n) is 4.40. The Bertz CT molecular complexity index is 949. The van der Waals surface area contributed by atoms with Crippen molar-refractivity contribution in [3.63, 3.8) is 0 Å². The van der Waals surface area contributed by atoms with E-state index in [4.69, 9.17) is 0 Å². The number of hydrogen-bond acceptors (Lipinski definition) is 6. The Balaban J connectivity index is 1.43. The molecule has 4 rings (SSSR count). The predicted octanol–water partition coefficient (Wildman–Crippen LogP) is 4.08. The van der Waals surface area contributed by atoms with E-state index in [-0.39, 0.29) is 11.8 Å². The lowest BCUT2D eigenvalue weighted by atomic mass is 10.2. The SMILES string of the molecule is Fc1ccc(-c2csc(N3CCN(c4nccc(C(F)(F)F)n4)CC3)n2)cc1. The molecule has 0 N–H and O–H groups in total. The van der Waals surface area contributed by atoms with Crippen LogP contribution in [0, 0.1) is 5.82 Å². The van der Waals surface area contributed by atoms with Gasteiger partial charge < -0.3 is 9.80 Å². The Morgan fingerprint density at radius 2 is 1.57 bits per heavy atom. The van der Waals surface area contributed by atoms with E-state index < -0.39 is 11.9 Å². The van der Waals surface area contributed by atoms with Crippen molar-refractivity contribution in [3.05, 3.63) is 53.4 Å². The molecule has 0 aliphatic carbocycles. The zero-order valence-electron chi connectivity index (χ0n) is 14.5. The van der Waals surface area contributed by atoms with E-state index in [1.54, 1.807) is 17.0 Å². The van der Waals surface area contributed by atoms with Crippen LogP contribution in [0.4, 0.5) is 28.6 Å². The second kappa shape index (κ2) is 7.34. The number of aromatic nitrogens is 3. The third-order valence-corrected chi connectivity index (χ3v) is 5.30. The monoisotopic (exact) mass is 409 g/mol. The predicted molar refractivity (Wildman–Crippen MR) is 99.0 cm³/mol. The fourth-order valence-corrected chi connectivity index (χ4v) is 3.81. The molecule has 1 fully saturated rings. The van der Waals surface area contributed by atoms with Gasteiger partial charge in [0.05, 0.1) is 5.69 Å². The van der Waals surface area contributed by atoms with Crippen molar-refractivity contribution in [1.82, 2.24) is 15.0 Å². The van der Waals surface area contributed by atoms with E-state index in [1.807, 2.05) is 5.38 Å². The summed E-state index contributed by atoms with van der Waals surface area (Å²) in [5.41, 5.74) is 0.660. The zero-order valence-corrected chi connectivity index (χ0v) is 15.3. The molecule has 0 amide bonds. The molecule has 0 spiro atoms. The number of anilines is 2. The van der Waals surface area contributed by atoms with Gasteiger partial charge in [0.15, 0.2) is 5.13 Å². The maximum Gasteiger partial charge on any atom is 0.433 e. The van der Waals surface area contributed by atoms with E-state index in [0.717, 1.165) is 28.7 Å². The summed E-state index contributed by atoms with van der Waals surface area (Å²) in [5.74, 6) is -0.215. The van der Waals surface area contributed by atoms with Crippen molar-refractivity contribution in [2.45, 2.75) is 6.18 Å². The number of nitrogens with zero attached hydrogens (tertiary/aromatic N) is 5. The van der Waals surface area contributed by atoms with Crippen LogP contribution in [0.25, 0.3) is 11.3 Å². The van der Waals surface area contributed by atoms with Gasteiger partial charge in [-0.05, 0) is 30.3 Å². The number of benzene rings is 1. The van der Waals surface area contributed by atoms with Crippen molar-refractivity contribution in [1.29, 1.82) is 0 Å². The zero-order chi connectivity index (χ0) is 19.7. The molecule has 10 heteroatoms. The Morgan fingerprint density at radius 3 is 2.25 bits per heavy atom. The van der Waals surface area contributed by atoms with Gasteiger partial charge in [-0.15, -0.1) is 11.3 Å². The van der Waals surface area contributed by atoms with Crippen molar-refractivity contribution < 1.29 is 17.6 Å². The molecule has 0 saturated carbocycles. The maximum atomic E-state index is 13.1. The van der Waals surface area contributed by atoms with Crippen LogP contribution >= 0.6 is 11.3 Å². The van der Waals surface area contributed by atoms with Gasteiger partial charge in [0, 0.05) is 43.3 Å². The van der Waals surface area contributed by atoms with Crippen LogP contribution in [-0.4, -0.2) is 41.1 Å². The summed E-state index contributed by atoms with van der Waals surface area (Å²) in [6.07, 6.45) is -3.36. The molecule has 1 aromatic carbocycles. The summed E-state index contributed by atoms with van der Waals surface area (Å²) < 4.78 is 51.6. The van der Waals surface area contributed by atoms with Crippen LogP contribution in [0.1, 0.15) is 5.69 Å². The van der Waals surface area contributed by atoms with Crippen molar-refractivity contribution in [2.75, 3.05) is 36.0 Å². The number of thiazole rings is 1. The maximum absolute atomic E-state index is 13.1. The average Bonchev–Trinajstić information content (AvgIpc) is 3.18. The highest BCUT2D eigenvalue weighted by Crippen LogP contribution is 2.30. The molecule has 5 nitrogen and oxygen atoms in total. The molecule has 3 aromatic rings. The van der Waals surface area contributed by atoms with Gasteiger partial charge in [-0.2, -0.15) is 13.2 Å². The first kappa shape index (κ1) is 18.6. The summed E-state index contributed by atoms with van der Waals surface area (Å²) in [5, 5.41) is 2.73. The fourth-order valence-electron chi connectivity index (χ4n) is 2.92. The minimum absolute atomic E-state index is 0.0839.